The summed E-state index contributed by atoms with van der Waals surface area (Å²) in [7, 11) is 0.648. The van der Waals surface area contributed by atoms with Gasteiger partial charge in [0.15, 0.2) is 11.6 Å². The summed E-state index contributed by atoms with van der Waals surface area (Å²) in [6.07, 6.45) is 5.88. The summed E-state index contributed by atoms with van der Waals surface area (Å²) in [5.74, 6) is 2.60. The highest BCUT2D eigenvalue weighted by Crippen LogP contribution is 2.39. The van der Waals surface area contributed by atoms with E-state index in [-0.39, 0.29) is 0 Å². The first kappa shape index (κ1) is 30.0. The molecule has 4 aliphatic rings. The Labute approximate surface area is 264 Å². The first-order valence-corrected chi connectivity index (χ1v) is 15.3. The molecule has 0 spiro atoms. The molecule has 8 heterocycles. The van der Waals surface area contributed by atoms with Gasteiger partial charge in [-0.05, 0) is 88.1 Å². The summed E-state index contributed by atoms with van der Waals surface area (Å²) in [5, 5.41) is 15.8. The zero-order valence-corrected chi connectivity index (χ0v) is 26.3. The molecular formula is C32H37BClN8O2. The molecule has 0 aliphatic carbocycles. The van der Waals surface area contributed by atoms with Crippen molar-refractivity contribution in [2.45, 2.75) is 52.6 Å². The second-order valence-electron chi connectivity index (χ2n) is 11.7. The van der Waals surface area contributed by atoms with Gasteiger partial charge in [0.1, 0.15) is 10.9 Å². The predicted octanol–water partition coefficient (Wildman–Crippen LogP) is 5.11. The quantitative estimate of drug-likeness (QED) is 0.214. The van der Waals surface area contributed by atoms with Crippen LogP contribution in [0.4, 0.5) is 23.0 Å². The highest BCUT2D eigenvalue weighted by atomic mass is 35.5. The Hall–Kier alpha value is -4.09. The number of fused-ring (bicyclic) bond motifs is 8. The molecule has 4 aromatic heterocycles. The van der Waals surface area contributed by atoms with E-state index >= 15 is 0 Å². The normalized spacial score (nSPS) is 18.4. The molecule has 0 amide bonds. The lowest BCUT2D eigenvalue weighted by Gasteiger charge is -2.29. The summed E-state index contributed by atoms with van der Waals surface area (Å²) in [4.78, 5) is 22.2. The minimum absolute atomic E-state index is 0.559. The van der Waals surface area contributed by atoms with Crippen LogP contribution < -0.4 is 25.1 Å². The molecule has 10 nitrogen and oxygen atoms in total. The van der Waals surface area contributed by atoms with Crippen molar-refractivity contribution in [1.29, 1.82) is 0 Å². The largest absolute Gasteiger partial charge is 0.569 e. The van der Waals surface area contributed by atoms with E-state index in [4.69, 9.17) is 21.6 Å². The van der Waals surface area contributed by atoms with E-state index in [2.05, 4.69) is 66.0 Å². The summed E-state index contributed by atoms with van der Waals surface area (Å²) < 4.78 is 4.68. The number of halogens is 1. The molecule has 227 valence electrons. The molecular weight excluding hydrogens is 575 g/mol. The molecule has 4 bridgehead atoms. The van der Waals surface area contributed by atoms with Crippen molar-refractivity contribution in [3.05, 3.63) is 76.5 Å². The minimum Gasteiger partial charge on any atom is -0.537 e. The van der Waals surface area contributed by atoms with Crippen LogP contribution in [0.5, 0.6) is 5.75 Å². The summed E-state index contributed by atoms with van der Waals surface area (Å²) in [6.45, 7) is 12.6. The van der Waals surface area contributed by atoms with Crippen molar-refractivity contribution < 1.29 is 9.68 Å². The van der Waals surface area contributed by atoms with Crippen LogP contribution in [0.3, 0.4) is 0 Å². The van der Waals surface area contributed by atoms with E-state index in [1.54, 1.807) is 18.3 Å². The molecule has 2 saturated heterocycles. The maximum atomic E-state index is 8.24. The summed E-state index contributed by atoms with van der Waals surface area (Å²) in [5.41, 5.74) is 9.09. The zero-order valence-electron chi connectivity index (χ0n) is 25.5. The lowest BCUT2D eigenvalue weighted by Crippen LogP contribution is -2.33. The smallest absolute Gasteiger partial charge is 0.537 e. The van der Waals surface area contributed by atoms with Crippen molar-refractivity contribution in [1.82, 2.24) is 19.9 Å². The second-order valence-corrected chi connectivity index (χ2v) is 12.1. The standard InChI is InChI=1S/C16H18N4.C10H12ClN3.C6H7BNO2/c1-10-7-14(12-3-5-17-11(2)8-12)19-16-15(10)20-6-4-13(9-20)18-16;1-6-4-8(11)13-10-9(6)14-3-2-7(5-14)12-10;1-5-4-6(10-7-9)2-3-8-5/h3,5,7-8,13H,4,6,9H2,1-2H3,(H,18,19);4,7H,2-3,5H2,1H3,(H,12,13);2-4,9H,1H3/t13-;7-;/m00./s1. The average Bonchev–Trinajstić information content (AvgIpc) is 3.55. The number of hydrogen-bond donors (Lipinski definition) is 3. The van der Waals surface area contributed by atoms with Gasteiger partial charge >= 0.3 is 7.69 Å². The lowest BCUT2D eigenvalue weighted by molar-refractivity contribution is 0.453. The minimum atomic E-state index is 0.559. The van der Waals surface area contributed by atoms with E-state index < -0.39 is 0 Å². The zero-order chi connectivity index (χ0) is 30.8. The van der Waals surface area contributed by atoms with Gasteiger partial charge in [0, 0.05) is 67.6 Å². The first-order valence-electron chi connectivity index (χ1n) is 15.0. The van der Waals surface area contributed by atoms with Crippen LogP contribution in [0.15, 0.2) is 48.8 Å². The Morgan fingerprint density at radius 1 is 0.818 bits per heavy atom. The highest BCUT2D eigenvalue weighted by molar-refractivity contribution is 6.29. The van der Waals surface area contributed by atoms with Gasteiger partial charge in [-0.25, -0.2) is 9.97 Å². The SMILES string of the molecule is Cc1cc(-c2cc(C)c3c(n2)N[C@H]2CCN3C2)ccn1.Cc1cc(Cl)nc2c1N1CC[C@@H](C1)N2.Cc1cc(O[B]O)ccn1. The predicted molar refractivity (Wildman–Crippen MR) is 177 cm³/mol. The van der Waals surface area contributed by atoms with Crippen molar-refractivity contribution in [3.8, 4) is 17.0 Å². The van der Waals surface area contributed by atoms with Crippen LogP contribution >= 0.6 is 11.6 Å². The van der Waals surface area contributed by atoms with Crippen LogP contribution in [-0.2, 0) is 0 Å². The third kappa shape index (κ3) is 6.54. The molecule has 0 unspecified atom stereocenters. The molecule has 0 aromatic carbocycles. The fraction of sp³-hybridized carbons (Fsp3) is 0.375. The van der Waals surface area contributed by atoms with Gasteiger partial charge < -0.3 is 30.1 Å². The maximum Gasteiger partial charge on any atom is 0.569 e. The number of pyridine rings is 4. The Balaban J connectivity index is 0.000000125. The molecule has 2 fully saturated rings. The summed E-state index contributed by atoms with van der Waals surface area (Å²) in [6, 6.07) is 12.8. The molecule has 0 saturated carbocycles. The van der Waals surface area contributed by atoms with Crippen molar-refractivity contribution in [2.75, 3.05) is 46.6 Å². The van der Waals surface area contributed by atoms with Gasteiger partial charge in [-0.1, -0.05) is 11.6 Å². The number of anilines is 4. The van der Waals surface area contributed by atoms with E-state index in [1.807, 2.05) is 32.2 Å². The molecule has 2 atom stereocenters. The number of aryl methyl sites for hydroxylation is 4. The molecule has 3 N–H and O–H groups in total. The van der Waals surface area contributed by atoms with E-state index in [1.165, 1.54) is 35.3 Å². The topological polar surface area (TPSA) is 112 Å². The molecule has 1 radical (unpaired) electrons. The highest BCUT2D eigenvalue weighted by Gasteiger charge is 2.33. The van der Waals surface area contributed by atoms with Crippen molar-refractivity contribution in [2.24, 2.45) is 0 Å². The van der Waals surface area contributed by atoms with Gasteiger partial charge in [0.2, 0.25) is 0 Å². The Kier molecular flexibility index (Phi) is 8.77. The number of aromatic nitrogens is 4. The number of nitrogens with one attached hydrogen (secondary N) is 2. The Bertz CT molecular complexity index is 1660. The monoisotopic (exact) mass is 611 g/mol. The van der Waals surface area contributed by atoms with Crippen LogP contribution in [0.1, 0.15) is 35.4 Å². The molecule has 44 heavy (non-hydrogen) atoms. The van der Waals surface area contributed by atoms with Gasteiger partial charge in [-0.2, -0.15) is 0 Å². The average molecular weight is 612 g/mol. The van der Waals surface area contributed by atoms with Crippen molar-refractivity contribution >= 4 is 42.3 Å². The third-order valence-corrected chi connectivity index (χ3v) is 8.47. The first-order chi connectivity index (χ1) is 21.3. The molecule has 8 rings (SSSR count). The molecule has 4 aromatic rings. The fourth-order valence-corrected chi connectivity index (χ4v) is 6.60. The lowest BCUT2D eigenvalue weighted by atomic mass is 10.1. The third-order valence-electron chi connectivity index (χ3n) is 8.28. The van der Waals surface area contributed by atoms with Crippen molar-refractivity contribution in [3.63, 3.8) is 0 Å². The van der Waals surface area contributed by atoms with Crippen LogP contribution in [0.25, 0.3) is 11.3 Å². The van der Waals surface area contributed by atoms with Gasteiger partial charge in [-0.15, -0.1) is 0 Å². The van der Waals surface area contributed by atoms with Crippen LogP contribution in [0, 0.1) is 27.7 Å². The summed E-state index contributed by atoms with van der Waals surface area (Å²) >= 11 is 5.93. The Morgan fingerprint density at radius 3 is 2.02 bits per heavy atom. The van der Waals surface area contributed by atoms with Gasteiger partial charge in [0.05, 0.1) is 17.1 Å². The molecule has 4 aliphatic heterocycles. The van der Waals surface area contributed by atoms with E-state index in [9.17, 15) is 0 Å². The molecule has 12 heteroatoms. The van der Waals surface area contributed by atoms with Crippen LogP contribution in [0.2, 0.25) is 5.15 Å². The van der Waals surface area contributed by atoms with Gasteiger partial charge in [0.25, 0.3) is 0 Å². The van der Waals surface area contributed by atoms with Crippen LogP contribution in [-0.4, -0.2) is 70.9 Å². The number of rotatable bonds is 3. The number of nitrogens with zero attached hydrogens (tertiary/aromatic N) is 6. The second kappa shape index (κ2) is 12.9. The maximum absolute atomic E-state index is 8.24. The van der Waals surface area contributed by atoms with E-state index in [0.717, 1.165) is 60.5 Å². The van der Waals surface area contributed by atoms with Gasteiger partial charge in [-0.3, -0.25) is 9.97 Å². The fourth-order valence-electron chi connectivity index (χ4n) is 6.35. The Morgan fingerprint density at radius 2 is 1.41 bits per heavy atom. The van der Waals surface area contributed by atoms with E-state index in [0.29, 0.717) is 30.7 Å². The number of hydrogen-bond acceptors (Lipinski definition) is 10.